The second-order valence-electron chi connectivity index (χ2n) is 6.21. The molecule has 0 bridgehead atoms. The van der Waals surface area contributed by atoms with Gasteiger partial charge in [-0.1, -0.05) is 0 Å². The predicted molar refractivity (Wildman–Crippen MR) is 81.4 cm³/mol. The highest BCUT2D eigenvalue weighted by atomic mass is 32.2. The number of piperidine rings is 1. The summed E-state index contributed by atoms with van der Waals surface area (Å²) in [7, 11) is -3.12. The Morgan fingerprint density at radius 1 is 1.13 bits per heavy atom. The summed E-state index contributed by atoms with van der Waals surface area (Å²) in [5.41, 5.74) is 0.408. The quantitative estimate of drug-likeness (QED) is 0.852. The summed E-state index contributed by atoms with van der Waals surface area (Å²) in [6.45, 7) is 1.23. The smallest absolute Gasteiger partial charge is 0.216 e. The van der Waals surface area contributed by atoms with E-state index < -0.39 is 27.4 Å². The molecule has 0 amide bonds. The van der Waals surface area contributed by atoms with E-state index in [1.165, 1.54) is 0 Å². The zero-order valence-electron chi connectivity index (χ0n) is 12.6. The maximum Gasteiger partial charge on any atom is 0.216 e. The van der Waals surface area contributed by atoms with Crippen LogP contribution < -0.4 is 5.32 Å². The predicted octanol–water partition coefficient (Wildman–Crippen LogP) is 1.72. The standard InChI is InChI=1S/C15H20F2N2O3S/c16-13-7-10(8-14(17)15(13)20)9-18-11-3-5-19(6-4-11)23(21,22)12-1-2-12/h7-8,11-12,18,20H,1-6,9H2. The average molecular weight is 346 g/mol. The third kappa shape index (κ3) is 3.64. The molecule has 1 heterocycles. The van der Waals surface area contributed by atoms with Crippen molar-refractivity contribution in [2.75, 3.05) is 13.1 Å². The van der Waals surface area contributed by atoms with E-state index in [0.717, 1.165) is 25.0 Å². The molecule has 5 nitrogen and oxygen atoms in total. The first-order chi connectivity index (χ1) is 10.9. The molecule has 1 aromatic rings. The van der Waals surface area contributed by atoms with E-state index in [2.05, 4.69) is 5.32 Å². The van der Waals surface area contributed by atoms with Crippen LogP contribution in [0, 0.1) is 11.6 Å². The first-order valence-corrected chi connectivity index (χ1v) is 9.27. The van der Waals surface area contributed by atoms with Crippen molar-refractivity contribution in [3.63, 3.8) is 0 Å². The summed E-state index contributed by atoms with van der Waals surface area (Å²) in [6, 6.07) is 2.30. The van der Waals surface area contributed by atoms with Gasteiger partial charge in [-0.3, -0.25) is 0 Å². The van der Waals surface area contributed by atoms with E-state index in [0.29, 0.717) is 31.5 Å². The molecule has 2 fully saturated rings. The monoisotopic (exact) mass is 346 g/mol. The van der Waals surface area contributed by atoms with Crippen molar-refractivity contribution in [3.8, 4) is 5.75 Å². The van der Waals surface area contributed by atoms with Crippen LogP contribution in [-0.2, 0) is 16.6 Å². The van der Waals surface area contributed by atoms with Crippen LogP contribution >= 0.6 is 0 Å². The number of benzene rings is 1. The number of nitrogens with one attached hydrogen (secondary N) is 1. The molecule has 1 aliphatic carbocycles. The van der Waals surface area contributed by atoms with Gasteiger partial charge in [-0.2, -0.15) is 0 Å². The van der Waals surface area contributed by atoms with Crippen molar-refractivity contribution in [1.29, 1.82) is 0 Å². The van der Waals surface area contributed by atoms with Gasteiger partial charge in [0.2, 0.25) is 10.0 Å². The van der Waals surface area contributed by atoms with E-state index in [1.807, 2.05) is 0 Å². The van der Waals surface area contributed by atoms with Crippen LogP contribution in [-0.4, -0.2) is 42.2 Å². The highest BCUT2D eigenvalue weighted by Crippen LogP contribution is 2.32. The van der Waals surface area contributed by atoms with E-state index in [4.69, 9.17) is 5.11 Å². The van der Waals surface area contributed by atoms with Gasteiger partial charge in [0.15, 0.2) is 17.4 Å². The summed E-state index contributed by atoms with van der Waals surface area (Å²) >= 11 is 0. The normalized spacial score (nSPS) is 20.8. The molecule has 3 rings (SSSR count). The van der Waals surface area contributed by atoms with Crippen molar-refractivity contribution >= 4 is 10.0 Å². The summed E-state index contributed by atoms with van der Waals surface area (Å²) in [5.74, 6) is -2.92. The van der Waals surface area contributed by atoms with Crippen molar-refractivity contribution in [2.45, 2.75) is 43.5 Å². The highest BCUT2D eigenvalue weighted by Gasteiger charge is 2.41. The fourth-order valence-electron chi connectivity index (χ4n) is 2.87. The van der Waals surface area contributed by atoms with Gasteiger partial charge in [-0.25, -0.2) is 21.5 Å². The number of aromatic hydroxyl groups is 1. The number of phenols is 1. The summed E-state index contributed by atoms with van der Waals surface area (Å²) < 4.78 is 52.4. The van der Waals surface area contributed by atoms with Crippen LogP contribution in [0.5, 0.6) is 5.75 Å². The minimum atomic E-state index is -3.12. The second-order valence-corrected chi connectivity index (χ2v) is 8.42. The molecule has 1 aromatic carbocycles. The molecule has 1 saturated carbocycles. The lowest BCUT2D eigenvalue weighted by atomic mass is 10.1. The van der Waals surface area contributed by atoms with Crippen molar-refractivity contribution in [1.82, 2.24) is 9.62 Å². The Balaban J connectivity index is 1.51. The SMILES string of the molecule is O=S(=O)(C1CC1)N1CCC(NCc2cc(F)c(O)c(F)c2)CC1. The molecule has 2 N–H and O–H groups in total. The topological polar surface area (TPSA) is 69.6 Å². The molecular formula is C15H20F2N2O3S. The number of halogens is 2. The number of phenolic OH excluding ortho intramolecular Hbond substituents is 1. The number of rotatable bonds is 5. The molecule has 0 aromatic heterocycles. The molecule has 0 spiro atoms. The first kappa shape index (κ1) is 16.6. The fourth-order valence-corrected chi connectivity index (χ4v) is 4.75. The Bertz CT molecular complexity index is 661. The van der Waals surface area contributed by atoms with E-state index in [9.17, 15) is 17.2 Å². The molecule has 1 saturated heterocycles. The van der Waals surface area contributed by atoms with Gasteiger partial charge in [0.25, 0.3) is 0 Å². The number of hydrogen-bond donors (Lipinski definition) is 2. The van der Waals surface area contributed by atoms with Gasteiger partial charge >= 0.3 is 0 Å². The third-order valence-corrected chi connectivity index (χ3v) is 6.83. The summed E-state index contributed by atoms with van der Waals surface area (Å²) in [6.07, 6.45) is 2.88. The van der Waals surface area contributed by atoms with Crippen molar-refractivity contribution in [3.05, 3.63) is 29.3 Å². The van der Waals surface area contributed by atoms with Gasteiger partial charge in [-0.15, -0.1) is 0 Å². The van der Waals surface area contributed by atoms with Crippen LogP contribution in [0.3, 0.4) is 0 Å². The van der Waals surface area contributed by atoms with Crippen molar-refractivity contribution in [2.24, 2.45) is 0 Å². The van der Waals surface area contributed by atoms with Crippen LogP contribution in [0.4, 0.5) is 8.78 Å². The Morgan fingerprint density at radius 2 is 1.70 bits per heavy atom. The Labute approximate surface area is 134 Å². The molecule has 1 aliphatic heterocycles. The fraction of sp³-hybridized carbons (Fsp3) is 0.600. The lowest BCUT2D eigenvalue weighted by molar-refractivity contribution is 0.288. The summed E-state index contributed by atoms with van der Waals surface area (Å²) in [4.78, 5) is 0. The van der Waals surface area contributed by atoms with Crippen LogP contribution in [0.15, 0.2) is 12.1 Å². The maximum atomic E-state index is 13.3. The molecular weight excluding hydrogens is 326 g/mol. The van der Waals surface area contributed by atoms with Gasteiger partial charge in [0.1, 0.15) is 0 Å². The van der Waals surface area contributed by atoms with Gasteiger partial charge in [0, 0.05) is 25.7 Å². The highest BCUT2D eigenvalue weighted by molar-refractivity contribution is 7.90. The van der Waals surface area contributed by atoms with E-state index in [-0.39, 0.29) is 17.8 Å². The lowest BCUT2D eigenvalue weighted by Crippen LogP contribution is -2.45. The van der Waals surface area contributed by atoms with E-state index in [1.54, 1.807) is 4.31 Å². The number of sulfonamides is 1. The van der Waals surface area contributed by atoms with Crippen LogP contribution in [0.1, 0.15) is 31.2 Å². The minimum Gasteiger partial charge on any atom is -0.503 e. The second kappa shape index (κ2) is 6.33. The van der Waals surface area contributed by atoms with E-state index >= 15 is 0 Å². The Hall–Kier alpha value is -1.25. The Kier molecular flexibility index (Phi) is 4.57. The minimum absolute atomic E-state index is 0.112. The molecule has 0 atom stereocenters. The van der Waals surface area contributed by atoms with Gasteiger partial charge < -0.3 is 10.4 Å². The molecule has 0 unspecified atom stereocenters. The third-order valence-electron chi connectivity index (χ3n) is 4.43. The molecule has 0 radical (unpaired) electrons. The first-order valence-electron chi connectivity index (χ1n) is 7.77. The number of nitrogens with zero attached hydrogens (tertiary/aromatic N) is 1. The Morgan fingerprint density at radius 3 is 2.22 bits per heavy atom. The average Bonchev–Trinajstić information content (AvgIpc) is 3.36. The zero-order valence-corrected chi connectivity index (χ0v) is 13.5. The van der Waals surface area contributed by atoms with Gasteiger partial charge in [-0.05, 0) is 43.4 Å². The lowest BCUT2D eigenvalue weighted by Gasteiger charge is -2.31. The van der Waals surface area contributed by atoms with Crippen LogP contribution in [0.25, 0.3) is 0 Å². The zero-order chi connectivity index (χ0) is 16.6. The van der Waals surface area contributed by atoms with Crippen LogP contribution in [0.2, 0.25) is 0 Å². The molecule has 23 heavy (non-hydrogen) atoms. The van der Waals surface area contributed by atoms with Gasteiger partial charge in [0.05, 0.1) is 5.25 Å². The largest absolute Gasteiger partial charge is 0.503 e. The van der Waals surface area contributed by atoms with Crippen molar-refractivity contribution < 1.29 is 22.3 Å². The molecule has 8 heteroatoms. The number of hydrogen-bond acceptors (Lipinski definition) is 4. The molecule has 2 aliphatic rings. The summed E-state index contributed by atoms with van der Waals surface area (Å²) in [5, 5.41) is 12.1. The maximum absolute atomic E-state index is 13.3. The molecule has 128 valence electrons.